The number of amides is 1. The van der Waals surface area contributed by atoms with E-state index < -0.39 is 32.4 Å². The highest BCUT2D eigenvalue weighted by atomic mass is 32.2. The number of rotatable bonds is 5. The first-order valence-corrected chi connectivity index (χ1v) is 6.98. The Morgan fingerprint density at radius 2 is 1.76 bits per heavy atom. The molecule has 0 aromatic carbocycles. The molecule has 7 heteroatoms. The SMILES string of the molecule is CC(CN(C)C(=O)C(C)(C)S(C)(=O)=O)C(=O)O. The average Bonchev–Trinajstić information content (AvgIpc) is 2.14. The summed E-state index contributed by atoms with van der Waals surface area (Å²) >= 11 is 0. The van der Waals surface area contributed by atoms with Crippen LogP contribution in [0.3, 0.4) is 0 Å². The molecule has 6 nitrogen and oxygen atoms in total. The molecule has 0 heterocycles. The van der Waals surface area contributed by atoms with Gasteiger partial charge < -0.3 is 10.0 Å². The smallest absolute Gasteiger partial charge is 0.308 e. The predicted octanol–water partition coefficient (Wildman–Crippen LogP) is -0.0113. The molecule has 100 valence electrons. The third-order valence-corrected chi connectivity index (χ3v) is 4.79. The summed E-state index contributed by atoms with van der Waals surface area (Å²) in [6, 6.07) is 0. The number of hydrogen-bond acceptors (Lipinski definition) is 4. The third-order valence-electron chi connectivity index (χ3n) is 2.76. The van der Waals surface area contributed by atoms with Crippen molar-refractivity contribution >= 4 is 21.7 Å². The fraction of sp³-hybridized carbons (Fsp3) is 0.800. The Labute approximate surface area is 102 Å². The van der Waals surface area contributed by atoms with Gasteiger partial charge in [-0.25, -0.2) is 8.42 Å². The highest BCUT2D eigenvalue weighted by Gasteiger charge is 2.40. The van der Waals surface area contributed by atoms with Crippen LogP contribution in [0.2, 0.25) is 0 Å². The molecule has 0 fully saturated rings. The van der Waals surface area contributed by atoms with Gasteiger partial charge >= 0.3 is 5.97 Å². The molecule has 1 unspecified atom stereocenters. The van der Waals surface area contributed by atoms with Crippen molar-refractivity contribution in [3.05, 3.63) is 0 Å². The van der Waals surface area contributed by atoms with Crippen LogP contribution < -0.4 is 0 Å². The minimum atomic E-state index is -3.54. The van der Waals surface area contributed by atoms with E-state index in [1.165, 1.54) is 27.8 Å². The molecule has 17 heavy (non-hydrogen) atoms. The highest BCUT2D eigenvalue weighted by Crippen LogP contribution is 2.18. The molecule has 1 amide bonds. The number of carbonyl (C=O) groups excluding carboxylic acids is 1. The molecule has 0 bridgehead atoms. The van der Waals surface area contributed by atoms with Gasteiger partial charge in [0.1, 0.15) is 4.75 Å². The minimum absolute atomic E-state index is 0.0207. The van der Waals surface area contributed by atoms with E-state index in [-0.39, 0.29) is 6.54 Å². The summed E-state index contributed by atoms with van der Waals surface area (Å²) in [6.07, 6.45) is 0.985. The second-order valence-electron chi connectivity index (χ2n) is 4.71. The Balaban J connectivity index is 4.90. The summed E-state index contributed by atoms with van der Waals surface area (Å²) in [6.45, 7) is 4.06. The van der Waals surface area contributed by atoms with Crippen molar-refractivity contribution in [2.45, 2.75) is 25.5 Å². The summed E-state index contributed by atoms with van der Waals surface area (Å²) in [5, 5.41) is 8.72. The molecule has 0 aromatic heterocycles. The van der Waals surface area contributed by atoms with Crippen molar-refractivity contribution in [2.24, 2.45) is 5.92 Å². The van der Waals surface area contributed by atoms with Crippen LogP contribution in [0.4, 0.5) is 0 Å². The second kappa shape index (κ2) is 5.03. The molecule has 0 spiro atoms. The topological polar surface area (TPSA) is 91.8 Å². The average molecular weight is 265 g/mol. The van der Waals surface area contributed by atoms with E-state index in [9.17, 15) is 18.0 Å². The van der Waals surface area contributed by atoms with Gasteiger partial charge in [0.05, 0.1) is 5.92 Å². The van der Waals surface area contributed by atoms with E-state index in [2.05, 4.69) is 0 Å². The van der Waals surface area contributed by atoms with Crippen LogP contribution >= 0.6 is 0 Å². The van der Waals surface area contributed by atoms with E-state index in [4.69, 9.17) is 5.11 Å². The van der Waals surface area contributed by atoms with Gasteiger partial charge in [0.15, 0.2) is 9.84 Å². The van der Waals surface area contributed by atoms with E-state index >= 15 is 0 Å². The van der Waals surface area contributed by atoms with Crippen LogP contribution in [0.1, 0.15) is 20.8 Å². The first-order chi connectivity index (χ1) is 7.41. The third kappa shape index (κ3) is 3.69. The molecule has 0 aromatic rings. The summed E-state index contributed by atoms with van der Waals surface area (Å²) in [4.78, 5) is 23.7. The van der Waals surface area contributed by atoms with Crippen molar-refractivity contribution in [3.8, 4) is 0 Å². The lowest BCUT2D eigenvalue weighted by atomic mass is 10.1. The van der Waals surface area contributed by atoms with Crippen LogP contribution in [-0.4, -0.2) is 54.9 Å². The zero-order valence-electron chi connectivity index (χ0n) is 10.7. The molecule has 1 atom stereocenters. The van der Waals surface area contributed by atoms with Gasteiger partial charge in [-0.3, -0.25) is 9.59 Å². The van der Waals surface area contributed by atoms with Gasteiger partial charge in [0, 0.05) is 19.8 Å². The highest BCUT2D eigenvalue weighted by molar-refractivity contribution is 7.92. The lowest BCUT2D eigenvalue weighted by Crippen LogP contribution is -2.49. The zero-order chi connectivity index (χ0) is 14.0. The fourth-order valence-corrected chi connectivity index (χ4v) is 1.66. The minimum Gasteiger partial charge on any atom is -0.481 e. The van der Waals surface area contributed by atoms with Crippen LogP contribution in [0, 0.1) is 5.92 Å². The van der Waals surface area contributed by atoms with Crippen LogP contribution in [-0.2, 0) is 19.4 Å². The Morgan fingerprint density at radius 1 is 1.35 bits per heavy atom. The first-order valence-electron chi connectivity index (χ1n) is 5.09. The van der Waals surface area contributed by atoms with E-state index in [1.54, 1.807) is 0 Å². The Morgan fingerprint density at radius 3 is 2.06 bits per heavy atom. The Kier molecular flexibility index (Phi) is 4.70. The Hall–Kier alpha value is -1.11. The number of aliphatic carboxylic acids is 1. The van der Waals surface area contributed by atoms with Crippen molar-refractivity contribution in [1.82, 2.24) is 4.90 Å². The fourth-order valence-electron chi connectivity index (χ4n) is 1.19. The Bertz CT molecular complexity index is 412. The first kappa shape index (κ1) is 15.9. The molecule has 0 aliphatic heterocycles. The number of hydrogen-bond donors (Lipinski definition) is 1. The van der Waals surface area contributed by atoms with Gasteiger partial charge in [-0.15, -0.1) is 0 Å². The summed E-state index contributed by atoms with van der Waals surface area (Å²) in [5.74, 6) is -2.37. The van der Waals surface area contributed by atoms with Gasteiger partial charge in [-0.05, 0) is 13.8 Å². The number of nitrogens with zero attached hydrogens (tertiary/aromatic N) is 1. The number of carboxylic acids is 1. The number of sulfone groups is 1. The maximum atomic E-state index is 11.9. The van der Waals surface area contributed by atoms with Gasteiger partial charge in [-0.2, -0.15) is 0 Å². The summed E-state index contributed by atoms with van der Waals surface area (Å²) in [5.41, 5.74) is 0. The lowest BCUT2D eigenvalue weighted by Gasteiger charge is -2.28. The molecule has 0 radical (unpaired) electrons. The normalized spacial score (nSPS) is 14.2. The van der Waals surface area contributed by atoms with Crippen molar-refractivity contribution < 1.29 is 23.1 Å². The van der Waals surface area contributed by atoms with Gasteiger partial charge in [-0.1, -0.05) is 6.92 Å². The zero-order valence-corrected chi connectivity index (χ0v) is 11.5. The van der Waals surface area contributed by atoms with E-state index in [0.717, 1.165) is 11.2 Å². The standard InChI is InChI=1S/C10H19NO5S/c1-7(8(12)13)6-11(4)9(14)10(2,3)17(5,15)16/h7H,6H2,1-5H3,(H,12,13). The predicted molar refractivity (Wildman–Crippen MR) is 63.4 cm³/mol. The van der Waals surface area contributed by atoms with Crippen molar-refractivity contribution in [2.75, 3.05) is 19.8 Å². The van der Waals surface area contributed by atoms with Crippen LogP contribution in [0.15, 0.2) is 0 Å². The molecule has 0 aliphatic carbocycles. The van der Waals surface area contributed by atoms with E-state index in [0.29, 0.717) is 0 Å². The van der Waals surface area contributed by atoms with Crippen LogP contribution in [0.5, 0.6) is 0 Å². The molecule has 0 saturated heterocycles. The van der Waals surface area contributed by atoms with Crippen LogP contribution in [0.25, 0.3) is 0 Å². The number of carbonyl (C=O) groups is 2. The summed E-state index contributed by atoms with van der Waals surface area (Å²) in [7, 11) is -2.14. The quantitative estimate of drug-likeness (QED) is 0.754. The molecule has 0 saturated carbocycles. The second-order valence-corrected chi connectivity index (χ2v) is 7.27. The van der Waals surface area contributed by atoms with E-state index in [1.807, 2.05) is 0 Å². The number of carboxylic acid groups (broad SMARTS) is 1. The maximum Gasteiger partial charge on any atom is 0.308 e. The summed E-state index contributed by atoms with van der Waals surface area (Å²) < 4.78 is 21.4. The molecular weight excluding hydrogens is 246 g/mol. The molecule has 0 aliphatic rings. The van der Waals surface area contributed by atoms with Gasteiger partial charge in [0.25, 0.3) is 0 Å². The molecule has 0 rings (SSSR count). The lowest BCUT2D eigenvalue weighted by molar-refractivity contribution is -0.143. The molecule has 1 N–H and O–H groups in total. The van der Waals surface area contributed by atoms with Crippen molar-refractivity contribution in [3.63, 3.8) is 0 Å². The molecular formula is C10H19NO5S. The largest absolute Gasteiger partial charge is 0.481 e. The van der Waals surface area contributed by atoms with Crippen molar-refractivity contribution in [1.29, 1.82) is 0 Å². The maximum absolute atomic E-state index is 11.9. The van der Waals surface area contributed by atoms with Gasteiger partial charge in [0.2, 0.25) is 5.91 Å². The monoisotopic (exact) mass is 265 g/mol.